The van der Waals surface area contributed by atoms with Gasteiger partial charge in [0.1, 0.15) is 0 Å². The molecule has 0 radical (unpaired) electrons. The summed E-state index contributed by atoms with van der Waals surface area (Å²) in [4.78, 5) is 0. The van der Waals surface area contributed by atoms with Crippen LogP contribution in [0.1, 0.15) is 51.8 Å². The molecule has 1 N–H and O–H groups in total. The first-order valence-corrected chi connectivity index (χ1v) is 8.06. The minimum atomic E-state index is 0.221. The van der Waals surface area contributed by atoms with E-state index >= 15 is 0 Å². The molecule has 0 amide bonds. The van der Waals surface area contributed by atoms with E-state index in [1.54, 1.807) is 0 Å². The van der Waals surface area contributed by atoms with Gasteiger partial charge in [-0.05, 0) is 48.7 Å². The highest BCUT2D eigenvalue weighted by atomic mass is 79.9. The largest absolute Gasteiger partial charge is 0.373 e. The van der Waals surface area contributed by atoms with E-state index < -0.39 is 0 Å². The van der Waals surface area contributed by atoms with Crippen LogP contribution in [-0.4, -0.2) is 28.5 Å². The zero-order chi connectivity index (χ0) is 13.8. The number of ether oxygens (including phenoxy) is 1. The topological polar surface area (TPSA) is 39.1 Å². The Balaban J connectivity index is 2.25. The van der Waals surface area contributed by atoms with Crippen molar-refractivity contribution in [3.63, 3.8) is 0 Å². The summed E-state index contributed by atoms with van der Waals surface area (Å²) < 4.78 is 9.24. The van der Waals surface area contributed by atoms with Crippen molar-refractivity contribution in [2.24, 2.45) is 0 Å². The monoisotopic (exact) mass is 329 g/mol. The second kappa shape index (κ2) is 6.86. The van der Waals surface area contributed by atoms with E-state index in [2.05, 4.69) is 51.8 Å². The molecule has 2 rings (SSSR count). The molecule has 0 spiro atoms. The normalized spacial score (nSPS) is 24.8. The van der Waals surface area contributed by atoms with Crippen LogP contribution in [0, 0.1) is 0 Å². The summed E-state index contributed by atoms with van der Waals surface area (Å²) in [5.74, 6) is 0. The molecule has 1 aromatic heterocycles. The van der Waals surface area contributed by atoms with E-state index in [1.165, 1.54) is 5.69 Å². The highest BCUT2D eigenvalue weighted by molar-refractivity contribution is 9.10. The lowest BCUT2D eigenvalue weighted by Crippen LogP contribution is -2.34. The van der Waals surface area contributed by atoms with Gasteiger partial charge in [-0.2, -0.15) is 5.10 Å². The van der Waals surface area contributed by atoms with E-state index in [0.717, 1.165) is 36.8 Å². The number of halogens is 1. The molecule has 2 heterocycles. The highest BCUT2D eigenvalue weighted by Crippen LogP contribution is 2.33. The smallest absolute Gasteiger partial charge is 0.0790 e. The average molecular weight is 330 g/mol. The molecule has 1 aromatic rings. The van der Waals surface area contributed by atoms with Crippen LogP contribution in [-0.2, 0) is 11.3 Å². The van der Waals surface area contributed by atoms with Gasteiger partial charge < -0.3 is 10.1 Å². The van der Waals surface area contributed by atoms with Crippen molar-refractivity contribution in [2.45, 2.75) is 64.8 Å². The van der Waals surface area contributed by atoms with Crippen molar-refractivity contribution in [1.29, 1.82) is 0 Å². The number of likely N-dealkylation sites (N-methyl/N-ethyl adjacent to an activating group) is 1. The first-order chi connectivity index (χ1) is 9.17. The Morgan fingerprint density at radius 3 is 2.89 bits per heavy atom. The number of aromatic nitrogens is 2. The van der Waals surface area contributed by atoms with Gasteiger partial charge >= 0.3 is 0 Å². The Kier molecular flexibility index (Phi) is 5.42. The van der Waals surface area contributed by atoms with Crippen molar-refractivity contribution in [3.05, 3.63) is 16.4 Å². The van der Waals surface area contributed by atoms with Crippen molar-refractivity contribution in [3.8, 4) is 0 Å². The van der Waals surface area contributed by atoms with E-state index in [1.807, 2.05) is 6.20 Å². The van der Waals surface area contributed by atoms with Gasteiger partial charge in [-0.25, -0.2) is 0 Å². The third kappa shape index (κ3) is 3.38. The summed E-state index contributed by atoms with van der Waals surface area (Å²) in [5.41, 5.74) is 1.22. The van der Waals surface area contributed by atoms with Gasteiger partial charge in [-0.15, -0.1) is 0 Å². The van der Waals surface area contributed by atoms with Crippen LogP contribution in [0.25, 0.3) is 0 Å². The van der Waals surface area contributed by atoms with Crippen LogP contribution < -0.4 is 5.32 Å². The van der Waals surface area contributed by atoms with Crippen molar-refractivity contribution >= 4 is 15.9 Å². The summed E-state index contributed by atoms with van der Waals surface area (Å²) in [6.07, 6.45) is 5.86. The zero-order valence-corrected chi connectivity index (χ0v) is 13.6. The fourth-order valence-electron chi connectivity index (χ4n) is 2.77. The van der Waals surface area contributed by atoms with Gasteiger partial charge in [0.25, 0.3) is 0 Å². The van der Waals surface area contributed by atoms with E-state index in [9.17, 15) is 0 Å². The standard InChI is InChI=1S/C14H24BrN3O/c1-4-8-18-14(11(15)9-17-18)13(16-5-2)12-7-6-10(3)19-12/h9-10,12-13,16H,4-8H2,1-3H3. The summed E-state index contributed by atoms with van der Waals surface area (Å²) in [6.45, 7) is 8.35. The minimum Gasteiger partial charge on any atom is -0.373 e. The third-order valence-corrected chi connectivity index (χ3v) is 4.23. The number of nitrogens with zero attached hydrogens (tertiary/aromatic N) is 2. The molecule has 0 bridgehead atoms. The first kappa shape index (κ1) is 15.0. The maximum atomic E-state index is 6.06. The maximum Gasteiger partial charge on any atom is 0.0790 e. The number of nitrogens with one attached hydrogen (secondary N) is 1. The summed E-state index contributed by atoms with van der Waals surface area (Å²) in [5, 5.41) is 8.04. The van der Waals surface area contributed by atoms with Crippen LogP contribution in [0.15, 0.2) is 10.7 Å². The van der Waals surface area contributed by atoms with Crippen molar-refractivity contribution < 1.29 is 4.74 Å². The van der Waals surface area contributed by atoms with E-state index in [-0.39, 0.29) is 12.1 Å². The second-order valence-electron chi connectivity index (χ2n) is 5.20. The van der Waals surface area contributed by atoms with Crippen molar-refractivity contribution in [2.75, 3.05) is 6.54 Å². The zero-order valence-electron chi connectivity index (χ0n) is 12.0. The fourth-order valence-corrected chi connectivity index (χ4v) is 3.32. The van der Waals surface area contributed by atoms with Crippen LogP contribution in [0.5, 0.6) is 0 Å². The molecule has 3 unspecified atom stereocenters. The summed E-state index contributed by atoms with van der Waals surface area (Å²) in [6, 6.07) is 0.221. The number of rotatable bonds is 6. The minimum absolute atomic E-state index is 0.221. The Labute approximate surface area is 124 Å². The van der Waals surface area contributed by atoms with Gasteiger partial charge in [0.05, 0.1) is 34.6 Å². The molecule has 1 saturated heterocycles. The van der Waals surface area contributed by atoms with E-state index in [0.29, 0.717) is 6.10 Å². The Hall–Kier alpha value is -0.390. The molecule has 1 fully saturated rings. The molecular weight excluding hydrogens is 306 g/mol. The maximum absolute atomic E-state index is 6.06. The predicted octanol–water partition coefficient (Wildman–Crippen LogP) is 3.27. The first-order valence-electron chi connectivity index (χ1n) is 7.27. The molecule has 5 heteroatoms. The molecule has 0 aliphatic carbocycles. The molecular formula is C14H24BrN3O. The van der Waals surface area contributed by atoms with E-state index in [4.69, 9.17) is 4.74 Å². The number of hydrogen-bond donors (Lipinski definition) is 1. The van der Waals surface area contributed by atoms with Gasteiger partial charge in [-0.1, -0.05) is 13.8 Å². The quantitative estimate of drug-likeness (QED) is 0.870. The molecule has 1 aliphatic heterocycles. The van der Waals surface area contributed by atoms with Gasteiger partial charge in [0.2, 0.25) is 0 Å². The Morgan fingerprint density at radius 2 is 2.32 bits per heavy atom. The average Bonchev–Trinajstić information content (AvgIpc) is 2.95. The molecule has 1 aliphatic rings. The third-order valence-electron chi connectivity index (χ3n) is 3.62. The summed E-state index contributed by atoms with van der Waals surface area (Å²) in [7, 11) is 0. The Bertz CT molecular complexity index is 407. The Morgan fingerprint density at radius 1 is 1.53 bits per heavy atom. The fraction of sp³-hybridized carbons (Fsp3) is 0.786. The molecule has 108 valence electrons. The molecule has 3 atom stereocenters. The molecule has 0 aromatic carbocycles. The number of hydrogen-bond acceptors (Lipinski definition) is 3. The van der Waals surface area contributed by atoms with Crippen LogP contribution in [0.2, 0.25) is 0 Å². The van der Waals surface area contributed by atoms with Crippen molar-refractivity contribution in [1.82, 2.24) is 15.1 Å². The van der Waals surface area contributed by atoms with Crippen LogP contribution in [0.3, 0.4) is 0 Å². The lowest BCUT2D eigenvalue weighted by molar-refractivity contribution is 0.0298. The SMILES string of the molecule is CCCn1ncc(Br)c1C(NCC)C1CCC(C)O1. The number of aryl methyl sites for hydroxylation is 1. The predicted molar refractivity (Wildman–Crippen MR) is 80.2 cm³/mol. The van der Waals surface area contributed by atoms with Crippen LogP contribution >= 0.6 is 15.9 Å². The van der Waals surface area contributed by atoms with Gasteiger partial charge in [-0.3, -0.25) is 4.68 Å². The molecule has 0 saturated carbocycles. The van der Waals surface area contributed by atoms with Gasteiger partial charge in [0, 0.05) is 6.54 Å². The highest BCUT2D eigenvalue weighted by Gasteiger charge is 2.33. The molecule has 19 heavy (non-hydrogen) atoms. The second-order valence-corrected chi connectivity index (χ2v) is 6.05. The van der Waals surface area contributed by atoms with Crippen LogP contribution in [0.4, 0.5) is 0 Å². The lowest BCUT2D eigenvalue weighted by atomic mass is 10.0. The van der Waals surface area contributed by atoms with Gasteiger partial charge in [0.15, 0.2) is 0 Å². The molecule has 4 nitrogen and oxygen atoms in total. The summed E-state index contributed by atoms with van der Waals surface area (Å²) >= 11 is 3.64. The lowest BCUT2D eigenvalue weighted by Gasteiger charge is -2.26.